The number of halogens is 1. The van der Waals surface area contributed by atoms with Gasteiger partial charge in [-0.2, -0.15) is 0 Å². The minimum atomic E-state index is 0.367. The Morgan fingerprint density at radius 2 is 1.84 bits per heavy atom. The maximum absolute atomic E-state index is 3.62. The Balaban J connectivity index is 1.89. The van der Waals surface area contributed by atoms with E-state index in [9.17, 15) is 0 Å². The Hall–Kier alpha value is -0.540. The molecular formula is C16H25BrN2. The number of rotatable bonds is 4. The SMILES string of the molecule is Cc1cccc(N2CCN(CC(C)(C)CBr)CC2)c1. The molecule has 0 aromatic heterocycles. The summed E-state index contributed by atoms with van der Waals surface area (Å²) >= 11 is 3.62. The molecule has 0 spiro atoms. The predicted octanol–water partition coefficient (Wildman–Crippen LogP) is 3.54. The van der Waals surface area contributed by atoms with Crippen LogP contribution < -0.4 is 4.90 Å². The van der Waals surface area contributed by atoms with Crippen molar-refractivity contribution < 1.29 is 0 Å². The average molecular weight is 325 g/mol. The maximum atomic E-state index is 3.62. The lowest BCUT2D eigenvalue weighted by atomic mass is 9.95. The van der Waals surface area contributed by atoms with Gasteiger partial charge in [0.25, 0.3) is 0 Å². The van der Waals surface area contributed by atoms with Crippen molar-refractivity contribution in [1.82, 2.24) is 4.90 Å². The van der Waals surface area contributed by atoms with Gasteiger partial charge in [0, 0.05) is 43.7 Å². The number of hydrogen-bond acceptors (Lipinski definition) is 2. The van der Waals surface area contributed by atoms with Gasteiger partial charge in [0.05, 0.1) is 0 Å². The third-order valence-electron chi connectivity index (χ3n) is 3.75. The van der Waals surface area contributed by atoms with Crippen molar-refractivity contribution in [2.45, 2.75) is 20.8 Å². The van der Waals surface area contributed by atoms with Gasteiger partial charge in [0.15, 0.2) is 0 Å². The molecule has 0 N–H and O–H groups in total. The highest BCUT2D eigenvalue weighted by atomic mass is 79.9. The second-order valence-corrected chi connectivity index (χ2v) is 6.96. The molecule has 2 nitrogen and oxygen atoms in total. The predicted molar refractivity (Wildman–Crippen MR) is 87.4 cm³/mol. The van der Waals surface area contributed by atoms with Crippen LogP contribution >= 0.6 is 15.9 Å². The highest BCUT2D eigenvalue weighted by Crippen LogP contribution is 2.22. The number of aryl methyl sites for hydroxylation is 1. The van der Waals surface area contributed by atoms with Gasteiger partial charge < -0.3 is 4.90 Å². The van der Waals surface area contributed by atoms with Crippen LogP contribution in [0.1, 0.15) is 19.4 Å². The lowest BCUT2D eigenvalue weighted by molar-refractivity contribution is 0.186. The summed E-state index contributed by atoms with van der Waals surface area (Å²) in [7, 11) is 0. The van der Waals surface area contributed by atoms with Gasteiger partial charge in [-0.25, -0.2) is 0 Å². The molecule has 1 aliphatic rings. The summed E-state index contributed by atoms with van der Waals surface area (Å²) in [6.45, 7) is 12.6. The molecule has 0 amide bonds. The van der Waals surface area contributed by atoms with Gasteiger partial charge in [-0.05, 0) is 30.0 Å². The highest BCUT2D eigenvalue weighted by molar-refractivity contribution is 9.09. The van der Waals surface area contributed by atoms with E-state index in [0.717, 1.165) is 18.4 Å². The summed E-state index contributed by atoms with van der Waals surface area (Å²) in [6.07, 6.45) is 0. The zero-order chi connectivity index (χ0) is 13.9. The number of anilines is 1. The van der Waals surface area contributed by atoms with E-state index in [4.69, 9.17) is 0 Å². The number of alkyl halides is 1. The van der Waals surface area contributed by atoms with Crippen molar-refractivity contribution in [3.63, 3.8) is 0 Å². The van der Waals surface area contributed by atoms with Crippen molar-refractivity contribution in [3.8, 4) is 0 Å². The number of nitrogens with zero attached hydrogens (tertiary/aromatic N) is 2. The normalized spacial score (nSPS) is 17.8. The molecule has 1 heterocycles. The van der Waals surface area contributed by atoms with E-state index in [1.807, 2.05) is 0 Å². The molecule has 0 saturated carbocycles. The average Bonchev–Trinajstić information content (AvgIpc) is 2.39. The standard InChI is InChI=1S/C16H25BrN2/c1-14-5-4-6-15(11-14)19-9-7-18(8-10-19)13-16(2,3)12-17/h4-6,11H,7-10,12-13H2,1-3H3. The van der Waals surface area contributed by atoms with Gasteiger partial charge in [0.2, 0.25) is 0 Å². The minimum Gasteiger partial charge on any atom is -0.369 e. The van der Waals surface area contributed by atoms with Crippen LogP contribution in [0.15, 0.2) is 24.3 Å². The fourth-order valence-corrected chi connectivity index (χ4v) is 2.81. The van der Waals surface area contributed by atoms with Gasteiger partial charge in [-0.3, -0.25) is 4.90 Å². The third kappa shape index (κ3) is 4.22. The molecular weight excluding hydrogens is 300 g/mol. The van der Waals surface area contributed by atoms with E-state index in [1.165, 1.54) is 30.9 Å². The second-order valence-electron chi connectivity index (χ2n) is 6.40. The van der Waals surface area contributed by atoms with Crippen LogP contribution in [-0.4, -0.2) is 43.0 Å². The van der Waals surface area contributed by atoms with Crippen LogP contribution in [0.4, 0.5) is 5.69 Å². The lowest BCUT2D eigenvalue weighted by Crippen LogP contribution is -2.49. The molecule has 3 heteroatoms. The maximum Gasteiger partial charge on any atom is 0.0369 e. The number of benzene rings is 1. The van der Waals surface area contributed by atoms with Crippen LogP contribution in [0, 0.1) is 12.3 Å². The van der Waals surface area contributed by atoms with Crippen LogP contribution in [0.3, 0.4) is 0 Å². The minimum absolute atomic E-state index is 0.367. The Morgan fingerprint density at radius 1 is 1.16 bits per heavy atom. The molecule has 106 valence electrons. The molecule has 0 atom stereocenters. The van der Waals surface area contributed by atoms with Crippen LogP contribution in [-0.2, 0) is 0 Å². The topological polar surface area (TPSA) is 6.48 Å². The zero-order valence-electron chi connectivity index (χ0n) is 12.3. The van der Waals surface area contributed by atoms with E-state index < -0.39 is 0 Å². The van der Waals surface area contributed by atoms with Gasteiger partial charge in [0.1, 0.15) is 0 Å². The first-order valence-corrected chi connectivity index (χ1v) is 8.22. The Bertz CT molecular complexity index is 409. The molecule has 0 aliphatic carbocycles. The molecule has 0 unspecified atom stereocenters. The fraction of sp³-hybridized carbons (Fsp3) is 0.625. The summed E-state index contributed by atoms with van der Waals surface area (Å²) in [4.78, 5) is 5.10. The van der Waals surface area contributed by atoms with E-state index >= 15 is 0 Å². The quantitative estimate of drug-likeness (QED) is 0.782. The summed E-state index contributed by atoms with van der Waals surface area (Å²) in [6, 6.07) is 8.84. The first-order valence-electron chi connectivity index (χ1n) is 7.10. The van der Waals surface area contributed by atoms with Crippen molar-refractivity contribution in [3.05, 3.63) is 29.8 Å². The largest absolute Gasteiger partial charge is 0.369 e. The van der Waals surface area contributed by atoms with Crippen LogP contribution in [0.5, 0.6) is 0 Å². The van der Waals surface area contributed by atoms with Crippen molar-refractivity contribution in [2.75, 3.05) is 43.0 Å². The molecule has 1 fully saturated rings. The van der Waals surface area contributed by atoms with E-state index in [2.05, 4.69) is 70.8 Å². The lowest BCUT2D eigenvalue weighted by Gasteiger charge is -2.39. The molecule has 2 rings (SSSR count). The van der Waals surface area contributed by atoms with Crippen molar-refractivity contribution in [1.29, 1.82) is 0 Å². The Labute approximate surface area is 125 Å². The van der Waals surface area contributed by atoms with Crippen molar-refractivity contribution in [2.24, 2.45) is 5.41 Å². The number of hydrogen-bond donors (Lipinski definition) is 0. The summed E-state index contributed by atoms with van der Waals surface area (Å²) in [5.74, 6) is 0. The van der Waals surface area contributed by atoms with Crippen LogP contribution in [0.2, 0.25) is 0 Å². The van der Waals surface area contributed by atoms with Crippen molar-refractivity contribution >= 4 is 21.6 Å². The second kappa shape index (κ2) is 6.27. The molecule has 0 radical (unpaired) electrons. The summed E-state index contributed by atoms with van der Waals surface area (Å²) < 4.78 is 0. The summed E-state index contributed by atoms with van der Waals surface area (Å²) in [5.41, 5.74) is 3.09. The van der Waals surface area contributed by atoms with Gasteiger partial charge >= 0.3 is 0 Å². The zero-order valence-corrected chi connectivity index (χ0v) is 13.9. The van der Waals surface area contributed by atoms with Crippen LogP contribution in [0.25, 0.3) is 0 Å². The fourth-order valence-electron chi connectivity index (χ4n) is 2.64. The van der Waals surface area contributed by atoms with E-state index in [1.54, 1.807) is 0 Å². The van der Waals surface area contributed by atoms with Gasteiger partial charge in [-0.1, -0.05) is 41.9 Å². The molecule has 1 aromatic rings. The smallest absolute Gasteiger partial charge is 0.0369 e. The molecule has 19 heavy (non-hydrogen) atoms. The molecule has 0 bridgehead atoms. The number of piperazine rings is 1. The Kier molecular flexibility index (Phi) is 4.91. The first kappa shape index (κ1) is 14.9. The van der Waals surface area contributed by atoms with E-state index in [-0.39, 0.29) is 0 Å². The third-order valence-corrected chi connectivity index (χ3v) is 5.27. The van der Waals surface area contributed by atoms with Gasteiger partial charge in [-0.15, -0.1) is 0 Å². The molecule has 1 aliphatic heterocycles. The molecule has 1 aromatic carbocycles. The van der Waals surface area contributed by atoms with E-state index in [0.29, 0.717) is 5.41 Å². The molecule has 1 saturated heterocycles. The monoisotopic (exact) mass is 324 g/mol. The highest BCUT2D eigenvalue weighted by Gasteiger charge is 2.24. The first-order chi connectivity index (χ1) is 9.00. The Morgan fingerprint density at radius 3 is 2.42 bits per heavy atom. The summed E-state index contributed by atoms with van der Waals surface area (Å²) in [5, 5.41) is 1.07.